The van der Waals surface area contributed by atoms with Gasteiger partial charge in [-0.05, 0) is 50.3 Å². The van der Waals surface area contributed by atoms with E-state index in [2.05, 4.69) is 27.7 Å². The van der Waals surface area contributed by atoms with Crippen LogP contribution in [0.15, 0.2) is 0 Å². The maximum Gasteiger partial charge on any atom is 2.00 e. The first-order valence-corrected chi connectivity index (χ1v) is 16.8. The Kier molecular flexibility index (Phi) is 30.0. The molecule has 0 N–H and O–H groups in total. The standard InChI is InChI=1S/2C12H27O2P.Cr/c2*1-3-5-7-9-11-15(13,14)12-10-8-6-4-2;/h2*3-12H2,1-2H3,(H,13,14);/q;;+2/p-2. The molecule has 31 heavy (non-hydrogen) atoms. The normalized spacial score (nSPS) is 11.5. The summed E-state index contributed by atoms with van der Waals surface area (Å²) in [5.41, 5.74) is 0. The van der Waals surface area contributed by atoms with Crippen LogP contribution in [0.1, 0.15) is 130 Å². The molecule has 188 valence electrons. The smallest absolute Gasteiger partial charge is 0.799 e. The van der Waals surface area contributed by atoms with Gasteiger partial charge in [0.2, 0.25) is 0 Å². The van der Waals surface area contributed by atoms with Gasteiger partial charge in [0, 0.05) is 14.7 Å². The molecule has 0 aromatic carbocycles. The van der Waals surface area contributed by atoms with Crippen LogP contribution in [0.2, 0.25) is 0 Å². The summed E-state index contributed by atoms with van der Waals surface area (Å²) in [4.78, 5) is 23.2. The van der Waals surface area contributed by atoms with Gasteiger partial charge in [0.15, 0.2) is 0 Å². The first kappa shape index (κ1) is 36.5. The molecule has 0 aliphatic heterocycles. The largest absolute Gasteiger partial charge is 2.00 e. The van der Waals surface area contributed by atoms with Crippen molar-refractivity contribution < 1.29 is 36.3 Å². The minimum Gasteiger partial charge on any atom is -0.799 e. The second-order valence-corrected chi connectivity index (χ2v) is 13.8. The van der Waals surface area contributed by atoms with E-state index >= 15 is 0 Å². The third-order valence-electron chi connectivity index (χ3n) is 5.41. The summed E-state index contributed by atoms with van der Waals surface area (Å²) in [5.74, 6) is 0. The molecule has 7 heteroatoms. The Balaban J connectivity index is -0.000000490. The molecule has 0 saturated carbocycles. The van der Waals surface area contributed by atoms with Crippen LogP contribution < -0.4 is 9.79 Å². The van der Waals surface area contributed by atoms with E-state index in [9.17, 15) is 18.9 Å². The van der Waals surface area contributed by atoms with Gasteiger partial charge in [-0.3, -0.25) is 0 Å². The van der Waals surface area contributed by atoms with E-state index in [1.54, 1.807) is 0 Å². The maximum atomic E-state index is 11.6. The van der Waals surface area contributed by atoms with Crippen LogP contribution in [0.5, 0.6) is 0 Å². The molecule has 0 bridgehead atoms. The molecule has 0 saturated heterocycles. The fraction of sp³-hybridized carbons (Fsp3) is 1.00. The number of unbranched alkanes of at least 4 members (excludes halogenated alkanes) is 12. The van der Waals surface area contributed by atoms with Gasteiger partial charge in [-0.15, -0.1) is 0 Å². The number of hydrogen-bond donors (Lipinski definition) is 0. The molecule has 0 atom stereocenters. The predicted molar refractivity (Wildman–Crippen MR) is 131 cm³/mol. The Morgan fingerprint density at radius 2 is 0.613 bits per heavy atom. The molecule has 0 spiro atoms. The van der Waals surface area contributed by atoms with Crippen molar-refractivity contribution in [3.63, 3.8) is 0 Å². The molecule has 0 rings (SSSR count). The van der Waals surface area contributed by atoms with E-state index in [1.807, 2.05) is 0 Å². The fourth-order valence-electron chi connectivity index (χ4n) is 3.34. The SMILES string of the molecule is CCCCCCP(=O)([O-])CCCCCC.CCCCCCP(=O)([O-])CCCCCC.[Cr+2]. The van der Waals surface area contributed by atoms with Crippen molar-refractivity contribution in [2.45, 2.75) is 130 Å². The Labute approximate surface area is 205 Å². The second kappa shape index (κ2) is 25.5. The summed E-state index contributed by atoms with van der Waals surface area (Å²) in [6.45, 7) is 8.56. The first-order valence-electron chi connectivity index (χ1n) is 12.8. The van der Waals surface area contributed by atoms with Gasteiger partial charge < -0.3 is 18.9 Å². The van der Waals surface area contributed by atoms with Crippen LogP contribution in [0.3, 0.4) is 0 Å². The van der Waals surface area contributed by atoms with Crippen molar-refractivity contribution in [1.82, 2.24) is 0 Å². The van der Waals surface area contributed by atoms with Gasteiger partial charge >= 0.3 is 17.4 Å². The van der Waals surface area contributed by atoms with Crippen molar-refractivity contribution in [2.24, 2.45) is 0 Å². The van der Waals surface area contributed by atoms with Crippen LogP contribution in [0.25, 0.3) is 0 Å². The Morgan fingerprint density at radius 1 is 0.419 bits per heavy atom. The number of hydrogen-bond acceptors (Lipinski definition) is 4. The summed E-state index contributed by atoms with van der Waals surface area (Å²) in [6, 6.07) is 0. The molecule has 0 aliphatic rings. The van der Waals surface area contributed by atoms with Gasteiger partial charge in [-0.2, -0.15) is 0 Å². The van der Waals surface area contributed by atoms with Gasteiger partial charge in [-0.25, -0.2) is 0 Å². The fourth-order valence-corrected chi connectivity index (χ4v) is 6.61. The molecule has 0 heterocycles. The monoisotopic (exact) mass is 518 g/mol. The molecule has 0 aromatic heterocycles. The summed E-state index contributed by atoms with van der Waals surface area (Å²) in [5, 5.41) is 0. The van der Waals surface area contributed by atoms with Crippen molar-refractivity contribution >= 4 is 14.7 Å². The molecule has 0 aliphatic carbocycles. The van der Waals surface area contributed by atoms with Gasteiger partial charge in [0.1, 0.15) is 0 Å². The zero-order valence-corrected chi connectivity index (χ0v) is 24.1. The molecule has 4 nitrogen and oxygen atoms in total. The predicted octanol–water partition coefficient (Wildman–Crippen LogP) is 7.57. The zero-order valence-electron chi connectivity index (χ0n) is 21.1. The number of rotatable bonds is 20. The molecule has 0 unspecified atom stereocenters. The van der Waals surface area contributed by atoms with E-state index in [0.29, 0.717) is 24.6 Å². The first-order chi connectivity index (χ1) is 14.2. The second-order valence-electron chi connectivity index (χ2n) is 8.77. The van der Waals surface area contributed by atoms with Gasteiger partial charge in [0.05, 0.1) is 0 Å². The van der Waals surface area contributed by atoms with Crippen molar-refractivity contribution in [3.05, 3.63) is 0 Å². The van der Waals surface area contributed by atoms with Crippen molar-refractivity contribution in [3.8, 4) is 0 Å². The molecular weight excluding hydrogens is 466 g/mol. The maximum absolute atomic E-state index is 11.6. The van der Waals surface area contributed by atoms with Crippen molar-refractivity contribution in [2.75, 3.05) is 24.6 Å². The topological polar surface area (TPSA) is 80.3 Å². The molecule has 0 aromatic rings. The van der Waals surface area contributed by atoms with E-state index in [0.717, 1.165) is 77.0 Å². The van der Waals surface area contributed by atoms with Crippen molar-refractivity contribution in [1.29, 1.82) is 0 Å². The van der Waals surface area contributed by atoms with E-state index in [1.165, 1.54) is 25.7 Å². The van der Waals surface area contributed by atoms with E-state index in [4.69, 9.17) is 0 Å². The molecule has 0 radical (unpaired) electrons. The Morgan fingerprint density at radius 3 is 0.774 bits per heavy atom. The summed E-state index contributed by atoms with van der Waals surface area (Å²) < 4.78 is 23.2. The summed E-state index contributed by atoms with van der Waals surface area (Å²) >= 11 is 0. The summed E-state index contributed by atoms with van der Waals surface area (Å²) in [7, 11) is -6.05. The van der Waals surface area contributed by atoms with Crippen LogP contribution in [-0.2, 0) is 26.5 Å². The Hall–Kier alpha value is 0.912. The quantitative estimate of drug-likeness (QED) is 0.123. The minimum absolute atomic E-state index is 0. The Bertz CT molecular complexity index is 375. The van der Waals surface area contributed by atoms with E-state index < -0.39 is 14.7 Å². The summed E-state index contributed by atoms with van der Waals surface area (Å²) in [6.07, 6.45) is 18.8. The average molecular weight is 519 g/mol. The van der Waals surface area contributed by atoms with E-state index in [-0.39, 0.29) is 17.4 Å². The van der Waals surface area contributed by atoms with Crippen LogP contribution in [0, 0.1) is 0 Å². The molecule has 0 amide bonds. The van der Waals surface area contributed by atoms with Gasteiger partial charge in [-0.1, -0.05) is 105 Å². The third kappa shape index (κ3) is 30.9. The van der Waals surface area contributed by atoms with Crippen LogP contribution in [0.4, 0.5) is 0 Å². The molecule has 0 fully saturated rings. The minimum atomic E-state index is -3.02. The van der Waals surface area contributed by atoms with Crippen LogP contribution >= 0.6 is 14.7 Å². The average Bonchev–Trinajstić information content (AvgIpc) is 2.70. The molecular formula is C24H52CrO4P2. The van der Waals surface area contributed by atoms with Gasteiger partial charge in [0.25, 0.3) is 0 Å². The zero-order chi connectivity index (χ0) is 23.1. The third-order valence-corrected chi connectivity index (χ3v) is 9.40. The van der Waals surface area contributed by atoms with Crippen LogP contribution in [-0.4, -0.2) is 24.6 Å².